The minimum absolute atomic E-state index is 0.0527. The number of nitrogens with zero attached hydrogens (tertiary/aromatic N) is 2. The molecule has 4 rings (SSSR count). The first-order chi connectivity index (χ1) is 13.1. The van der Waals surface area contributed by atoms with Crippen molar-refractivity contribution in [2.24, 2.45) is 0 Å². The second-order valence-electron chi connectivity index (χ2n) is 6.38. The first-order valence-corrected chi connectivity index (χ1v) is 10.4. The van der Waals surface area contributed by atoms with Crippen molar-refractivity contribution in [2.45, 2.75) is 6.10 Å². The quantitative estimate of drug-likeness (QED) is 0.626. The number of hydrogen-bond acceptors (Lipinski definition) is 5. The normalized spacial score (nSPS) is 15.4. The third kappa shape index (κ3) is 4.20. The average Bonchev–Trinajstić information content (AvgIpc) is 2.65. The Morgan fingerprint density at radius 1 is 0.963 bits per heavy atom. The van der Waals surface area contributed by atoms with Crippen molar-refractivity contribution in [2.75, 3.05) is 25.4 Å². The summed E-state index contributed by atoms with van der Waals surface area (Å²) in [5.41, 5.74) is 0.858. The van der Waals surface area contributed by atoms with Crippen LogP contribution in [0.2, 0.25) is 0 Å². The van der Waals surface area contributed by atoms with E-state index in [2.05, 4.69) is 4.98 Å². The van der Waals surface area contributed by atoms with Gasteiger partial charge in [-0.25, -0.2) is 13.4 Å². The van der Waals surface area contributed by atoms with Crippen LogP contribution in [0.1, 0.15) is 0 Å². The highest BCUT2D eigenvalue weighted by Crippen LogP contribution is 2.22. The van der Waals surface area contributed by atoms with Crippen LogP contribution in [-0.4, -0.2) is 49.3 Å². The summed E-state index contributed by atoms with van der Waals surface area (Å²) in [6.07, 6.45) is -0.177. The lowest BCUT2D eigenvalue weighted by atomic mass is 10.2. The highest BCUT2D eigenvalue weighted by molar-refractivity contribution is 7.89. The van der Waals surface area contributed by atoms with Crippen LogP contribution in [0.5, 0.6) is 11.6 Å². The van der Waals surface area contributed by atoms with Crippen molar-refractivity contribution in [3.05, 3.63) is 66.7 Å². The number of ether oxygens (including phenoxy) is 2. The zero-order chi connectivity index (χ0) is 18.7. The fourth-order valence-corrected chi connectivity index (χ4v) is 4.24. The van der Waals surface area contributed by atoms with Crippen molar-refractivity contribution >= 4 is 20.9 Å². The molecule has 1 aliphatic heterocycles. The molecule has 1 saturated heterocycles. The SMILES string of the molecule is O=S(=O)(CCOc1ccccc1)N1CC(Oc2ccc3ccccc3n2)C1. The van der Waals surface area contributed by atoms with Crippen LogP contribution in [0.15, 0.2) is 66.7 Å². The lowest BCUT2D eigenvalue weighted by molar-refractivity contribution is 0.0721. The highest BCUT2D eigenvalue weighted by Gasteiger charge is 2.37. The summed E-state index contributed by atoms with van der Waals surface area (Å²) in [7, 11) is -3.35. The first-order valence-electron chi connectivity index (χ1n) is 8.78. The van der Waals surface area contributed by atoms with E-state index in [-0.39, 0.29) is 18.5 Å². The molecule has 0 spiro atoms. The maximum atomic E-state index is 12.4. The molecule has 1 fully saturated rings. The third-order valence-corrected chi connectivity index (χ3v) is 6.19. The van der Waals surface area contributed by atoms with E-state index in [1.54, 1.807) is 12.1 Å². The Balaban J connectivity index is 1.27. The number of hydrogen-bond donors (Lipinski definition) is 0. The molecule has 3 aromatic rings. The summed E-state index contributed by atoms with van der Waals surface area (Å²) in [6.45, 7) is 0.797. The summed E-state index contributed by atoms with van der Waals surface area (Å²) in [5, 5.41) is 1.04. The van der Waals surface area contributed by atoms with Crippen LogP contribution in [0.25, 0.3) is 10.9 Å². The van der Waals surface area contributed by atoms with Gasteiger partial charge in [0.05, 0.1) is 24.4 Å². The predicted molar refractivity (Wildman–Crippen MR) is 103 cm³/mol. The minimum Gasteiger partial charge on any atom is -0.492 e. The molecule has 0 saturated carbocycles. The Bertz CT molecular complexity index is 1020. The zero-order valence-corrected chi connectivity index (χ0v) is 15.5. The van der Waals surface area contributed by atoms with E-state index in [0.29, 0.717) is 24.7 Å². The fraction of sp³-hybridized carbons (Fsp3) is 0.250. The maximum Gasteiger partial charge on any atom is 0.217 e. The number of aromatic nitrogens is 1. The van der Waals surface area contributed by atoms with Crippen molar-refractivity contribution in [1.82, 2.24) is 9.29 Å². The van der Waals surface area contributed by atoms with Crippen LogP contribution < -0.4 is 9.47 Å². The third-order valence-electron chi connectivity index (χ3n) is 4.42. The Morgan fingerprint density at radius 3 is 2.52 bits per heavy atom. The molecule has 0 radical (unpaired) electrons. The number of benzene rings is 2. The monoisotopic (exact) mass is 384 g/mol. The molecule has 0 aliphatic carbocycles. The molecule has 0 amide bonds. The van der Waals surface area contributed by atoms with E-state index >= 15 is 0 Å². The number of para-hydroxylation sites is 2. The van der Waals surface area contributed by atoms with Gasteiger partial charge in [-0.3, -0.25) is 0 Å². The molecule has 2 heterocycles. The molecule has 7 heteroatoms. The van der Waals surface area contributed by atoms with Gasteiger partial charge in [0.25, 0.3) is 0 Å². The summed E-state index contributed by atoms with van der Waals surface area (Å²) in [5.74, 6) is 1.13. The van der Waals surface area contributed by atoms with Gasteiger partial charge < -0.3 is 9.47 Å². The number of pyridine rings is 1. The Kier molecular flexibility index (Phi) is 4.96. The van der Waals surface area contributed by atoms with Gasteiger partial charge in [0.15, 0.2) is 0 Å². The van der Waals surface area contributed by atoms with Crippen molar-refractivity contribution in [3.8, 4) is 11.6 Å². The highest BCUT2D eigenvalue weighted by atomic mass is 32.2. The maximum absolute atomic E-state index is 12.4. The summed E-state index contributed by atoms with van der Waals surface area (Å²) in [4.78, 5) is 4.46. The molecule has 0 bridgehead atoms. The van der Waals surface area contributed by atoms with Gasteiger partial charge in [-0.1, -0.05) is 36.4 Å². The van der Waals surface area contributed by atoms with E-state index in [9.17, 15) is 8.42 Å². The smallest absolute Gasteiger partial charge is 0.217 e. The minimum atomic E-state index is -3.35. The second-order valence-corrected chi connectivity index (χ2v) is 8.47. The predicted octanol–water partition coefficient (Wildman–Crippen LogP) is 2.71. The molecule has 2 aromatic carbocycles. The molecule has 0 atom stereocenters. The van der Waals surface area contributed by atoms with Crippen molar-refractivity contribution in [1.29, 1.82) is 0 Å². The molecule has 0 unspecified atom stereocenters. The van der Waals surface area contributed by atoms with Gasteiger partial charge in [-0.2, -0.15) is 4.31 Å². The van der Waals surface area contributed by atoms with Gasteiger partial charge in [-0.05, 0) is 24.3 Å². The lowest BCUT2D eigenvalue weighted by Crippen LogP contribution is -2.56. The number of rotatable bonds is 7. The molecular weight excluding hydrogens is 364 g/mol. The van der Waals surface area contributed by atoms with Crippen molar-refractivity contribution in [3.63, 3.8) is 0 Å². The molecule has 1 aliphatic rings. The molecule has 140 valence electrons. The fourth-order valence-electron chi connectivity index (χ4n) is 2.90. The van der Waals surface area contributed by atoms with E-state index in [1.165, 1.54) is 4.31 Å². The molecule has 27 heavy (non-hydrogen) atoms. The van der Waals surface area contributed by atoms with E-state index in [4.69, 9.17) is 9.47 Å². The zero-order valence-electron chi connectivity index (χ0n) is 14.7. The molecule has 0 N–H and O–H groups in total. The molecular formula is C20H20N2O4S. The second kappa shape index (κ2) is 7.54. The first kappa shape index (κ1) is 17.8. The topological polar surface area (TPSA) is 68.7 Å². The van der Waals surface area contributed by atoms with E-state index in [1.807, 2.05) is 54.6 Å². The number of sulfonamides is 1. The largest absolute Gasteiger partial charge is 0.492 e. The Hall–Kier alpha value is -2.64. The standard InChI is InChI=1S/C20H20N2O4S/c23-27(24,13-12-25-17-7-2-1-3-8-17)22-14-18(15-22)26-20-11-10-16-6-4-5-9-19(16)21-20/h1-11,18H,12-15H2. The Morgan fingerprint density at radius 2 is 1.70 bits per heavy atom. The summed E-state index contributed by atoms with van der Waals surface area (Å²) >= 11 is 0. The van der Waals surface area contributed by atoms with Crippen LogP contribution in [0.3, 0.4) is 0 Å². The van der Waals surface area contributed by atoms with Gasteiger partial charge in [-0.15, -0.1) is 0 Å². The van der Waals surface area contributed by atoms with E-state index < -0.39 is 10.0 Å². The van der Waals surface area contributed by atoms with Crippen LogP contribution in [-0.2, 0) is 10.0 Å². The summed E-state index contributed by atoms with van der Waals surface area (Å²) < 4.78 is 37.4. The molecule has 6 nitrogen and oxygen atoms in total. The van der Waals surface area contributed by atoms with Crippen molar-refractivity contribution < 1.29 is 17.9 Å². The van der Waals surface area contributed by atoms with E-state index in [0.717, 1.165) is 10.9 Å². The Labute approximate surface area is 158 Å². The van der Waals surface area contributed by atoms with Crippen LogP contribution in [0.4, 0.5) is 0 Å². The van der Waals surface area contributed by atoms with Gasteiger partial charge in [0.2, 0.25) is 15.9 Å². The average molecular weight is 384 g/mol. The summed E-state index contributed by atoms with van der Waals surface area (Å²) in [6, 6.07) is 20.7. The van der Waals surface area contributed by atoms with Gasteiger partial charge in [0.1, 0.15) is 18.5 Å². The van der Waals surface area contributed by atoms with Gasteiger partial charge in [0, 0.05) is 11.5 Å². The van der Waals surface area contributed by atoms with Crippen LogP contribution >= 0.6 is 0 Å². The van der Waals surface area contributed by atoms with Crippen LogP contribution in [0, 0.1) is 0 Å². The molecule has 1 aromatic heterocycles. The number of fused-ring (bicyclic) bond motifs is 1. The lowest BCUT2D eigenvalue weighted by Gasteiger charge is -2.37. The van der Waals surface area contributed by atoms with Gasteiger partial charge >= 0.3 is 0 Å².